The Balaban J connectivity index is 2.23. The van der Waals surface area contributed by atoms with Gasteiger partial charge in [0.2, 0.25) is 0 Å². The summed E-state index contributed by atoms with van der Waals surface area (Å²) in [4.78, 5) is 28.6. The minimum atomic E-state index is -1.01. The van der Waals surface area contributed by atoms with Gasteiger partial charge in [-0.1, -0.05) is 51.1 Å². The maximum Gasteiger partial charge on any atom is 0.352 e. The van der Waals surface area contributed by atoms with Gasteiger partial charge in [-0.15, -0.1) is 0 Å². The molecule has 2 N–H and O–H groups in total. The zero-order valence-corrected chi connectivity index (χ0v) is 16.3. The number of fused-ring (bicyclic) bond motifs is 1. The number of hydrogen-bond donors (Lipinski definition) is 2. The van der Waals surface area contributed by atoms with Gasteiger partial charge in [0.25, 0.3) is 5.91 Å². The predicted molar refractivity (Wildman–Crippen MR) is 107 cm³/mol. The van der Waals surface area contributed by atoms with Crippen LogP contribution in [0.3, 0.4) is 0 Å². The van der Waals surface area contributed by atoms with Gasteiger partial charge in [0.1, 0.15) is 5.69 Å². The summed E-state index contributed by atoms with van der Waals surface area (Å²) in [7, 11) is 3.40. The Kier molecular flexibility index (Phi) is 4.56. The molecule has 27 heavy (non-hydrogen) atoms. The molecule has 0 radical (unpaired) electrons. The summed E-state index contributed by atoms with van der Waals surface area (Å²) >= 11 is 0. The van der Waals surface area contributed by atoms with E-state index in [0.29, 0.717) is 11.1 Å². The Labute approximate surface area is 158 Å². The molecule has 0 aliphatic rings. The number of H-pyrrole nitrogens is 1. The lowest BCUT2D eigenvalue weighted by Gasteiger charge is -2.19. The van der Waals surface area contributed by atoms with Gasteiger partial charge < -0.3 is 15.0 Å². The van der Waals surface area contributed by atoms with E-state index in [1.54, 1.807) is 38.4 Å². The van der Waals surface area contributed by atoms with E-state index in [1.165, 1.54) is 4.90 Å². The van der Waals surface area contributed by atoms with Crippen LogP contribution in [0.1, 0.15) is 47.2 Å². The highest BCUT2D eigenvalue weighted by Gasteiger charge is 2.24. The van der Waals surface area contributed by atoms with Gasteiger partial charge in [-0.25, -0.2) is 4.79 Å². The van der Waals surface area contributed by atoms with Crippen LogP contribution in [0, 0.1) is 0 Å². The van der Waals surface area contributed by atoms with Crippen LogP contribution >= 0.6 is 0 Å². The SMILES string of the molecule is CN(C)C(=O)c1ccc(-c2c(C(=O)O)[nH]c3c(C(C)(C)C)cccc23)cc1. The van der Waals surface area contributed by atoms with Crippen LogP contribution in [-0.4, -0.2) is 41.0 Å². The van der Waals surface area contributed by atoms with Crippen molar-refractivity contribution in [3.05, 3.63) is 59.3 Å². The summed E-state index contributed by atoms with van der Waals surface area (Å²) in [5.41, 5.74) is 3.91. The van der Waals surface area contributed by atoms with Crippen molar-refractivity contribution in [2.45, 2.75) is 26.2 Å². The number of aromatic carboxylic acids is 1. The van der Waals surface area contributed by atoms with Crippen molar-refractivity contribution in [3.63, 3.8) is 0 Å². The van der Waals surface area contributed by atoms with E-state index in [2.05, 4.69) is 25.8 Å². The Morgan fingerprint density at radius 2 is 1.63 bits per heavy atom. The Morgan fingerprint density at radius 3 is 2.15 bits per heavy atom. The molecule has 5 heteroatoms. The van der Waals surface area contributed by atoms with Crippen LogP contribution in [0.2, 0.25) is 0 Å². The molecular formula is C22H24N2O3. The van der Waals surface area contributed by atoms with Crippen LogP contribution in [0.25, 0.3) is 22.0 Å². The number of carboxylic acid groups (broad SMARTS) is 1. The highest BCUT2D eigenvalue weighted by atomic mass is 16.4. The summed E-state index contributed by atoms with van der Waals surface area (Å²) in [6.45, 7) is 6.30. The van der Waals surface area contributed by atoms with Gasteiger partial charge in [-0.05, 0) is 28.7 Å². The molecule has 1 amide bonds. The number of rotatable bonds is 3. The third-order valence-electron chi connectivity index (χ3n) is 4.68. The van der Waals surface area contributed by atoms with E-state index >= 15 is 0 Å². The van der Waals surface area contributed by atoms with Crippen molar-refractivity contribution in [1.29, 1.82) is 0 Å². The average molecular weight is 364 g/mol. The van der Waals surface area contributed by atoms with Gasteiger partial charge in [0, 0.05) is 30.6 Å². The minimum absolute atomic E-state index is 0.0889. The fourth-order valence-electron chi connectivity index (χ4n) is 3.34. The summed E-state index contributed by atoms with van der Waals surface area (Å²) in [6.07, 6.45) is 0. The van der Waals surface area contributed by atoms with Crippen LogP contribution in [0.4, 0.5) is 0 Å². The number of aromatic amines is 1. The molecule has 0 unspecified atom stereocenters. The molecular weight excluding hydrogens is 340 g/mol. The van der Waals surface area contributed by atoms with Gasteiger partial charge in [0.05, 0.1) is 5.52 Å². The number of benzene rings is 2. The Morgan fingerprint density at radius 1 is 1.00 bits per heavy atom. The van der Waals surface area contributed by atoms with Crippen molar-refractivity contribution in [3.8, 4) is 11.1 Å². The second-order valence-electron chi connectivity index (χ2n) is 7.94. The molecule has 0 saturated carbocycles. The maximum atomic E-state index is 12.1. The first-order valence-corrected chi connectivity index (χ1v) is 8.82. The number of para-hydroxylation sites is 1. The first kappa shape index (κ1) is 18.7. The third-order valence-corrected chi connectivity index (χ3v) is 4.68. The summed E-state index contributed by atoms with van der Waals surface area (Å²) in [5, 5.41) is 10.6. The molecule has 0 aliphatic carbocycles. The van der Waals surface area contributed by atoms with Crippen LogP contribution in [-0.2, 0) is 5.41 Å². The number of nitrogens with one attached hydrogen (secondary N) is 1. The molecule has 0 aliphatic heterocycles. The van der Waals surface area contributed by atoms with E-state index in [0.717, 1.165) is 22.0 Å². The lowest BCUT2D eigenvalue weighted by Crippen LogP contribution is -2.21. The van der Waals surface area contributed by atoms with Crippen LogP contribution < -0.4 is 0 Å². The second-order valence-corrected chi connectivity index (χ2v) is 7.94. The number of hydrogen-bond acceptors (Lipinski definition) is 2. The van der Waals surface area contributed by atoms with E-state index < -0.39 is 5.97 Å². The molecule has 0 atom stereocenters. The van der Waals surface area contributed by atoms with Gasteiger partial charge in [-0.3, -0.25) is 4.79 Å². The first-order valence-electron chi connectivity index (χ1n) is 8.82. The van der Waals surface area contributed by atoms with Crippen molar-refractivity contribution in [2.24, 2.45) is 0 Å². The number of carbonyl (C=O) groups excluding carboxylic acids is 1. The summed E-state index contributed by atoms with van der Waals surface area (Å²) in [6, 6.07) is 13.0. The Hall–Kier alpha value is -3.08. The number of carboxylic acids is 1. The quantitative estimate of drug-likeness (QED) is 0.717. The molecule has 0 bridgehead atoms. The molecule has 3 rings (SSSR count). The zero-order chi connectivity index (χ0) is 19.9. The molecule has 0 saturated heterocycles. The molecule has 1 aromatic heterocycles. The van der Waals surface area contributed by atoms with Crippen molar-refractivity contribution in [2.75, 3.05) is 14.1 Å². The standard InChI is InChI=1S/C22H24N2O3/c1-22(2,3)16-8-6-7-15-17(19(21(26)27)23-18(15)16)13-9-11-14(12-10-13)20(25)24(4)5/h6-12,23H,1-5H3,(H,26,27). The number of carbonyl (C=O) groups is 2. The summed E-state index contributed by atoms with van der Waals surface area (Å²) < 4.78 is 0. The number of aromatic nitrogens is 1. The Bertz CT molecular complexity index is 1020. The highest BCUT2D eigenvalue weighted by Crippen LogP contribution is 2.37. The number of nitrogens with zero attached hydrogens (tertiary/aromatic N) is 1. The molecule has 0 fully saturated rings. The van der Waals surface area contributed by atoms with Crippen molar-refractivity contribution >= 4 is 22.8 Å². The minimum Gasteiger partial charge on any atom is -0.477 e. The predicted octanol–water partition coefficient (Wildman–Crippen LogP) is 4.53. The topological polar surface area (TPSA) is 73.4 Å². The van der Waals surface area contributed by atoms with Gasteiger partial charge in [-0.2, -0.15) is 0 Å². The van der Waals surface area contributed by atoms with Crippen LogP contribution in [0.15, 0.2) is 42.5 Å². The van der Waals surface area contributed by atoms with Crippen molar-refractivity contribution in [1.82, 2.24) is 9.88 Å². The smallest absolute Gasteiger partial charge is 0.352 e. The summed E-state index contributed by atoms with van der Waals surface area (Å²) in [5.74, 6) is -1.09. The molecule has 2 aromatic carbocycles. The third kappa shape index (κ3) is 3.33. The lowest BCUT2D eigenvalue weighted by molar-refractivity contribution is 0.0691. The van der Waals surface area contributed by atoms with Crippen molar-refractivity contribution < 1.29 is 14.7 Å². The maximum absolute atomic E-state index is 12.1. The zero-order valence-electron chi connectivity index (χ0n) is 16.3. The van der Waals surface area contributed by atoms with E-state index in [-0.39, 0.29) is 17.0 Å². The highest BCUT2D eigenvalue weighted by molar-refractivity contribution is 6.08. The van der Waals surface area contributed by atoms with Crippen LogP contribution in [0.5, 0.6) is 0 Å². The number of amides is 1. The largest absolute Gasteiger partial charge is 0.477 e. The van der Waals surface area contributed by atoms with E-state index in [4.69, 9.17) is 0 Å². The monoisotopic (exact) mass is 364 g/mol. The molecule has 5 nitrogen and oxygen atoms in total. The average Bonchev–Trinajstić information content (AvgIpc) is 3.00. The van der Waals surface area contributed by atoms with E-state index in [1.807, 2.05) is 18.2 Å². The second kappa shape index (κ2) is 6.58. The normalized spacial score (nSPS) is 11.6. The molecule has 140 valence electrons. The fourth-order valence-corrected chi connectivity index (χ4v) is 3.34. The van der Waals surface area contributed by atoms with Gasteiger partial charge >= 0.3 is 5.97 Å². The molecule has 3 aromatic rings. The lowest BCUT2D eigenvalue weighted by atomic mass is 9.85. The molecule has 1 heterocycles. The molecule has 0 spiro atoms. The van der Waals surface area contributed by atoms with Gasteiger partial charge in [0.15, 0.2) is 0 Å². The first-order chi connectivity index (χ1) is 12.6. The van der Waals surface area contributed by atoms with E-state index in [9.17, 15) is 14.7 Å². The fraction of sp³-hybridized carbons (Fsp3) is 0.273.